The largest absolute Gasteiger partial charge is 0.325 e. The highest BCUT2D eigenvalue weighted by molar-refractivity contribution is 6.28. The molecule has 0 spiro atoms. The maximum atomic E-state index is 13.3. The Morgan fingerprint density at radius 3 is 2.53 bits per heavy atom. The Hall–Kier alpha value is -1.69. The van der Waals surface area contributed by atoms with Crippen LogP contribution >= 0.6 is 11.6 Å². The number of carbonyl (C=O) groups is 2. The van der Waals surface area contributed by atoms with Gasteiger partial charge in [0, 0.05) is 6.07 Å². The Labute approximate surface area is 101 Å². The molecular formula is C10H9ClF2N2O2. The van der Waals surface area contributed by atoms with Gasteiger partial charge in [-0.2, -0.15) is 0 Å². The maximum absolute atomic E-state index is 13.3. The van der Waals surface area contributed by atoms with Crippen LogP contribution in [0.25, 0.3) is 0 Å². The van der Waals surface area contributed by atoms with Crippen LogP contribution < -0.4 is 10.6 Å². The highest BCUT2D eigenvalue weighted by Crippen LogP contribution is 2.18. The summed E-state index contributed by atoms with van der Waals surface area (Å²) < 4.78 is 26.4. The number of amides is 3. The van der Waals surface area contributed by atoms with Crippen molar-refractivity contribution >= 4 is 29.2 Å². The standard InChI is InChI=1S/C10H9ClF2N2O2/c1-5-2-7(13)8(3-6(5)12)14-10(17)15-9(16)4-11/h2-3H,4H2,1H3,(H2,14,15,16,17). The molecule has 17 heavy (non-hydrogen) atoms. The van der Waals surface area contributed by atoms with E-state index in [2.05, 4.69) is 0 Å². The number of rotatable bonds is 2. The van der Waals surface area contributed by atoms with Gasteiger partial charge in [0.15, 0.2) is 0 Å². The van der Waals surface area contributed by atoms with Crippen molar-refractivity contribution in [2.24, 2.45) is 0 Å². The summed E-state index contributed by atoms with van der Waals surface area (Å²) in [4.78, 5) is 21.9. The molecule has 2 N–H and O–H groups in total. The average molecular weight is 263 g/mol. The van der Waals surface area contributed by atoms with Gasteiger partial charge in [-0.3, -0.25) is 10.1 Å². The first-order valence-electron chi connectivity index (χ1n) is 4.56. The lowest BCUT2D eigenvalue weighted by atomic mass is 10.2. The number of nitrogens with one attached hydrogen (secondary N) is 2. The van der Waals surface area contributed by atoms with E-state index in [1.165, 1.54) is 6.92 Å². The number of carbonyl (C=O) groups excluding carboxylic acids is 2. The lowest BCUT2D eigenvalue weighted by molar-refractivity contribution is -0.117. The zero-order chi connectivity index (χ0) is 13.0. The number of anilines is 1. The van der Waals surface area contributed by atoms with E-state index in [4.69, 9.17) is 11.6 Å². The fourth-order valence-electron chi connectivity index (χ4n) is 1.06. The third-order valence-electron chi connectivity index (χ3n) is 1.87. The number of urea groups is 1. The van der Waals surface area contributed by atoms with Gasteiger partial charge in [-0.1, -0.05) is 0 Å². The second kappa shape index (κ2) is 5.58. The molecule has 0 unspecified atom stereocenters. The van der Waals surface area contributed by atoms with Crippen molar-refractivity contribution in [2.45, 2.75) is 6.92 Å². The lowest BCUT2D eigenvalue weighted by Crippen LogP contribution is -2.35. The summed E-state index contributed by atoms with van der Waals surface area (Å²) in [7, 11) is 0. The molecule has 1 aromatic carbocycles. The number of alkyl halides is 1. The molecule has 0 aliphatic rings. The minimum absolute atomic E-state index is 0.116. The van der Waals surface area contributed by atoms with E-state index in [0.29, 0.717) is 0 Å². The molecule has 1 rings (SSSR count). The molecule has 0 saturated carbocycles. The molecule has 92 valence electrons. The smallest absolute Gasteiger partial charge is 0.305 e. The molecule has 0 radical (unpaired) electrons. The second-order valence-corrected chi connectivity index (χ2v) is 3.48. The highest BCUT2D eigenvalue weighted by Gasteiger charge is 2.11. The van der Waals surface area contributed by atoms with Crippen LogP contribution in [0.5, 0.6) is 0 Å². The Morgan fingerprint density at radius 2 is 1.94 bits per heavy atom. The fourth-order valence-corrected chi connectivity index (χ4v) is 1.12. The van der Waals surface area contributed by atoms with Crippen LogP contribution in [0, 0.1) is 18.6 Å². The highest BCUT2D eigenvalue weighted by atomic mass is 35.5. The van der Waals surface area contributed by atoms with E-state index in [-0.39, 0.29) is 11.3 Å². The Bertz CT molecular complexity index is 466. The van der Waals surface area contributed by atoms with Crippen molar-refractivity contribution in [3.8, 4) is 0 Å². The van der Waals surface area contributed by atoms with Crippen LogP contribution in [-0.2, 0) is 4.79 Å². The summed E-state index contributed by atoms with van der Waals surface area (Å²) in [5.74, 6) is -2.60. The molecule has 4 nitrogen and oxygen atoms in total. The molecule has 0 aliphatic heterocycles. The van der Waals surface area contributed by atoms with Gasteiger partial charge < -0.3 is 5.32 Å². The Balaban J connectivity index is 2.78. The number of hydrogen-bond donors (Lipinski definition) is 2. The summed E-state index contributed by atoms with van der Waals surface area (Å²) in [5.41, 5.74) is -0.238. The van der Waals surface area contributed by atoms with Gasteiger partial charge in [-0.25, -0.2) is 13.6 Å². The van der Waals surface area contributed by atoms with Crippen LogP contribution in [0.4, 0.5) is 19.3 Å². The Morgan fingerprint density at radius 1 is 1.29 bits per heavy atom. The number of aryl methyl sites for hydroxylation is 1. The summed E-state index contributed by atoms with van der Waals surface area (Å²) >= 11 is 5.15. The Kier molecular flexibility index (Phi) is 4.39. The van der Waals surface area contributed by atoms with Crippen molar-refractivity contribution in [1.82, 2.24) is 5.32 Å². The zero-order valence-electron chi connectivity index (χ0n) is 8.81. The first-order valence-corrected chi connectivity index (χ1v) is 5.10. The molecule has 0 saturated heterocycles. The molecule has 1 aromatic rings. The van der Waals surface area contributed by atoms with E-state index >= 15 is 0 Å². The minimum atomic E-state index is -0.974. The van der Waals surface area contributed by atoms with Gasteiger partial charge in [0.25, 0.3) is 0 Å². The van der Waals surface area contributed by atoms with E-state index < -0.39 is 29.5 Å². The monoisotopic (exact) mass is 262 g/mol. The first kappa shape index (κ1) is 13.4. The third-order valence-corrected chi connectivity index (χ3v) is 2.11. The SMILES string of the molecule is Cc1cc(F)c(NC(=O)NC(=O)CCl)cc1F. The van der Waals surface area contributed by atoms with Gasteiger partial charge >= 0.3 is 6.03 Å². The quantitative estimate of drug-likeness (QED) is 0.803. The van der Waals surface area contributed by atoms with Gasteiger partial charge in [0.05, 0.1) is 5.69 Å². The van der Waals surface area contributed by atoms with E-state index in [1.807, 2.05) is 10.6 Å². The normalized spacial score (nSPS) is 9.88. The van der Waals surface area contributed by atoms with Crippen molar-refractivity contribution < 1.29 is 18.4 Å². The molecule has 0 heterocycles. The van der Waals surface area contributed by atoms with Crippen LogP contribution in [0.3, 0.4) is 0 Å². The maximum Gasteiger partial charge on any atom is 0.325 e. The zero-order valence-corrected chi connectivity index (χ0v) is 9.57. The van der Waals surface area contributed by atoms with Crippen molar-refractivity contribution in [3.05, 3.63) is 29.3 Å². The summed E-state index contributed by atoms with van der Waals surface area (Å²) in [6.07, 6.45) is 0. The van der Waals surface area contributed by atoms with Crippen molar-refractivity contribution in [3.63, 3.8) is 0 Å². The molecule has 0 aromatic heterocycles. The summed E-state index contributed by atoms with van der Waals surface area (Å²) in [5, 5.41) is 3.83. The van der Waals surface area contributed by atoms with E-state index in [1.54, 1.807) is 0 Å². The molecule has 3 amide bonds. The topological polar surface area (TPSA) is 58.2 Å². The molecule has 0 fully saturated rings. The predicted molar refractivity (Wildman–Crippen MR) is 59.0 cm³/mol. The number of hydrogen-bond acceptors (Lipinski definition) is 2. The van der Waals surface area contributed by atoms with Gasteiger partial charge in [0.2, 0.25) is 5.91 Å². The second-order valence-electron chi connectivity index (χ2n) is 3.22. The molecule has 0 aliphatic carbocycles. The average Bonchev–Trinajstić information content (AvgIpc) is 2.25. The van der Waals surface area contributed by atoms with Crippen LogP contribution in [0.15, 0.2) is 12.1 Å². The lowest BCUT2D eigenvalue weighted by Gasteiger charge is -2.07. The third kappa shape index (κ3) is 3.67. The number of halogens is 3. The molecular weight excluding hydrogens is 254 g/mol. The summed E-state index contributed by atoms with van der Waals surface area (Å²) in [6, 6.07) is 0.793. The minimum Gasteiger partial charge on any atom is -0.305 e. The van der Waals surface area contributed by atoms with Gasteiger partial charge in [-0.05, 0) is 18.6 Å². The molecule has 7 heteroatoms. The van der Waals surface area contributed by atoms with Crippen LogP contribution in [0.2, 0.25) is 0 Å². The van der Waals surface area contributed by atoms with Crippen molar-refractivity contribution in [2.75, 3.05) is 11.2 Å². The first-order chi connectivity index (χ1) is 7.93. The van der Waals surface area contributed by atoms with E-state index in [0.717, 1.165) is 12.1 Å². The fraction of sp³-hybridized carbons (Fsp3) is 0.200. The van der Waals surface area contributed by atoms with Gasteiger partial charge in [-0.15, -0.1) is 11.6 Å². The van der Waals surface area contributed by atoms with E-state index in [9.17, 15) is 18.4 Å². The summed E-state index contributed by atoms with van der Waals surface area (Å²) in [6.45, 7) is 1.39. The predicted octanol–water partition coefficient (Wildman–Crippen LogP) is 2.16. The van der Waals surface area contributed by atoms with Crippen LogP contribution in [-0.4, -0.2) is 17.8 Å². The van der Waals surface area contributed by atoms with Crippen molar-refractivity contribution in [1.29, 1.82) is 0 Å². The molecule has 0 bridgehead atoms. The number of imide groups is 1. The number of benzene rings is 1. The van der Waals surface area contributed by atoms with Gasteiger partial charge in [0.1, 0.15) is 17.5 Å². The van der Waals surface area contributed by atoms with Crippen LogP contribution in [0.1, 0.15) is 5.56 Å². The molecule has 0 atom stereocenters.